The third-order valence-electron chi connectivity index (χ3n) is 5.59. The maximum absolute atomic E-state index is 13.0. The van der Waals surface area contributed by atoms with Crippen molar-refractivity contribution in [3.05, 3.63) is 48.0 Å². The molecule has 5 nitrogen and oxygen atoms in total. The molecule has 1 unspecified atom stereocenters. The minimum absolute atomic E-state index is 0.0749. The smallest absolute Gasteiger partial charge is 0.256 e. The Bertz CT molecular complexity index is 1040. The molecule has 3 heterocycles. The first-order chi connectivity index (χ1) is 14.8. The number of aromatic nitrogens is 1. The van der Waals surface area contributed by atoms with Crippen LogP contribution < -0.4 is 10.2 Å². The molecule has 156 valence electrons. The fourth-order valence-corrected chi connectivity index (χ4v) is 6.15. The molecule has 0 bridgehead atoms. The van der Waals surface area contributed by atoms with E-state index in [0.717, 1.165) is 64.2 Å². The van der Waals surface area contributed by atoms with Gasteiger partial charge in [-0.15, -0.1) is 11.8 Å². The maximum Gasteiger partial charge on any atom is 0.256 e. The Morgan fingerprint density at radius 1 is 1.20 bits per heavy atom. The van der Waals surface area contributed by atoms with Crippen LogP contribution in [-0.4, -0.2) is 42.4 Å². The molecular weight excluding hydrogens is 414 g/mol. The highest BCUT2D eigenvalue weighted by Gasteiger charge is 2.19. The molecule has 1 amide bonds. The average Bonchev–Trinajstić information content (AvgIpc) is 3.53. The van der Waals surface area contributed by atoms with Crippen molar-refractivity contribution in [2.45, 2.75) is 36.7 Å². The van der Waals surface area contributed by atoms with Crippen LogP contribution in [-0.2, 0) is 4.74 Å². The summed E-state index contributed by atoms with van der Waals surface area (Å²) < 4.78 is 6.83. The average molecular weight is 440 g/mol. The van der Waals surface area contributed by atoms with Gasteiger partial charge in [-0.1, -0.05) is 23.5 Å². The molecule has 2 aliphatic heterocycles. The van der Waals surface area contributed by atoms with Gasteiger partial charge >= 0.3 is 0 Å². The number of anilines is 2. The van der Waals surface area contributed by atoms with Gasteiger partial charge in [0.1, 0.15) is 0 Å². The zero-order valence-corrected chi connectivity index (χ0v) is 18.4. The van der Waals surface area contributed by atoms with E-state index in [2.05, 4.69) is 10.2 Å². The Balaban J connectivity index is 1.30. The molecule has 1 aromatic heterocycles. The lowest BCUT2D eigenvalue weighted by Gasteiger charge is -2.12. The molecule has 2 saturated heterocycles. The Kier molecular flexibility index (Phi) is 5.93. The summed E-state index contributed by atoms with van der Waals surface area (Å²) in [5, 5.41) is 4.16. The number of carbonyl (C=O) groups is 1. The lowest BCUT2D eigenvalue weighted by Crippen LogP contribution is -2.16. The Morgan fingerprint density at radius 2 is 2.07 bits per heavy atom. The molecule has 2 aliphatic rings. The summed E-state index contributed by atoms with van der Waals surface area (Å²) in [4.78, 5) is 21.1. The minimum atomic E-state index is -0.0749. The van der Waals surface area contributed by atoms with Crippen molar-refractivity contribution in [2.24, 2.45) is 0 Å². The highest BCUT2D eigenvalue weighted by atomic mass is 32.2. The summed E-state index contributed by atoms with van der Waals surface area (Å²) >= 11 is 3.41. The van der Waals surface area contributed by atoms with E-state index >= 15 is 0 Å². The van der Waals surface area contributed by atoms with E-state index in [9.17, 15) is 4.79 Å². The van der Waals surface area contributed by atoms with Crippen LogP contribution in [0.2, 0.25) is 0 Å². The van der Waals surface area contributed by atoms with Crippen LogP contribution in [0, 0.1) is 0 Å². The van der Waals surface area contributed by atoms with Gasteiger partial charge in [-0.05, 0) is 56.0 Å². The molecule has 1 N–H and O–H groups in total. The standard InChI is InChI=1S/C23H25N3O2S2/c27-22(18-7-1-2-8-20(18)29-15-17-6-5-13-28-17)24-16-9-10-19-21(14-16)30-23(25-19)26-11-3-4-12-26/h1-2,7-10,14,17H,3-6,11-13,15H2,(H,24,27). The van der Waals surface area contributed by atoms with E-state index in [4.69, 9.17) is 9.72 Å². The number of rotatable bonds is 6. The number of benzene rings is 2. The topological polar surface area (TPSA) is 54.5 Å². The van der Waals surface area contributed by atoms with Gasteiger partial charge in [0.15, 0.2) is 5.13 Å². The van der Waals surface area contributed by atoms with Crippen molar-refractivity contribution in [3.63, 3.8) is 0 Å². The molecule has 30 heavy (non-hydrogen) atoms. The van der Waals surface area contributed by atoms with Crippen molar-refractivity contribution in [3.8, 4) is 0 Å². The molecule has 3 aromatic rings. The second-order valence-corrected chi connectivity index (χ2v) is 9.84. The van der Waals surface area contributed by atoms with Crippen LogP contribution in [0.3, 0.4) is 0 Å². The van der Waals surface area contributed by atoms with Gasteiger partial charge in [-0.3, -0.25) is 4.79 Å². The van der Waals surface area contributed by atoms with Gasteiger partial charge in [0.2, 0.25) is 0 Å². The van der Waals surface area contributed by atoms with Crippen LogP contribution in [0.4, 0.5) is 10.8 Å². The molecule has 2 aromatic carbocycles. The van der Waals surface area contributed by atoms with Gasteiger partial charge in [0.25, 0.3) is 5.91 Å². The number of amides is 1. The van der Waals surface area contributed by atoms with E-state index < -0.39 is 0 Å². The summed E-state index contributed by atoms with van der Waals surface area (Å²) in [7, 11) is 0. The van der Waals surface area contributed by atoms with Gasteiger partial charge in [0.05, 0.1) is 21.9 Å². The molecule has 2 fully saturated rings. The maximum atomic E-state index is 13.0. The number of fused-ring (bicyclic) bond motifs is 1. The third-order valence-corrected chi connectivity index (χ3v) is 7.88. The zero-order chi connectivity index (χ0) is 20.3. The minimum Gasteiger partial charge on any atom is -0.377 e. The molecule has 7 heteroatoms. The van der Waals surface area contributed by atoms with Crippen LogP contribution >= 0.6 is 23.1 Å². The van der Waals surface area contributed by atoms with Gasteiger partial charge in [0, 0.05) is 36.0 Å². The van der Waals surface area contributed by atoms with E-state index in [-0.39, 0.29) is 5.91 Å². The first-order valence-electron chi connectivity index (χ1n) is 10.6. The van der Waals surface area contributed by atoms with Gasteiger partial charge in [-0.2, -0.15) is 0 Å². The SMILES string of the molecule is O=C(Nc1ccc2nc(N3CCCC3)sc2c1)c1ccccc1SCC1CCCO1. The lowest BCUT2D eigenvalue weighted by molar-refractivity contribution is 0.102. The molecular formula is C23H25N3O2S2. The van der Waals surface area contributed by atoms with E-state index in [0.29, 0.717) is 11.7 Å². The predicted octanol–water partition coefficient (Wildman–Crippen LogP) is 5.42. The van der Waals surface area contributed by atoms with Gasteiger partial charge < -0.3 is 15.0 Å². The highest BCUT2D eigenvalue weighted by molar-refractivity contribution is 7.99. The normalized spacial score (nSPS) is 18.9. The molecule has 1 atom stereocenters. The van der Waals surface area contributed by atoms with Crippen molar-refractivity contribution in [2.75, 3.05) is 35.7 Å². The number of thioether (sulfide) groups is 1. The predicted molar refractivity (Wildman–Crippen MR) is 125 cm³/mol. The Hall–Kier alpha value is -2.09. The number of nitrogens with one attached hydrogen (secondary N) is 1. The highest BCUT2D eigenvalue weighted by Crippen LogP contribution is 2.33. The van der Waals surface area contributed by atoms with E-state index in [1.54, 1.807) is 23.1 Å². The second-order valence-electron chi connectivity index (χ2n) is 7.77. The summed E-state index contributed by atoms with van der Waals surface area (Å²) in [5.74, 6) is 0.810. The van der Waals surface area contributed by atoms with Crippen molar-refractivity contribution in [1.82, 2.24) is 4.98 Å². The van der Waals surface area contributed by atoms with Crippen LogP contribution in [0.1, 0.15) is 36.0 Å². The van der Waals surface area contributed by atoms with Crippen molar-refractivity contribution >= 4 is 50.0 Å². The molecule has 0 spiro atoms. The first-order valence-corrected chi connectivity index (χ1v) is 12.4. The molecule has 0 saturated carbocycles. The third kappa shape index (κ3) is 4.33. The Labute approximate surface area is 184 Å². The zero-order valence-electron chi connectivity index (χ0n) is 16.8. The largest absolute Gasteiger partial charge is 0.377 e. The summed E-state index contributed by atoms with van der Waals surface area (Å²) in [6.45, 7) is 3.03. The fourth-order valence-electron chi connectivity index (χ4n) is 3.97. The summed E-state index contributed by atoms with van der Waals surface area (Å²) in [6, 6.07) is 13.8. The molecule has 5 rings (SSSR count). The summed E-state index contributed by atoms with van der Waals surface area (Å²) in [5.41, 5.74) is 2.51. The second kappa shape index (κ2) is 8.96. The summed E-state index contributed by atoms with van der Waals surface area (Å²) in [6.07, 6.45) is 5.01. The monoisotopic (exact) mass is 439 g/mol. The van der Waals surface area contributed by atoms with Crippen molar-refractivity contribution in [1.29, 1.82) is 0 Å². The number of hydrogen-bond acceptors (Lipinski definition) is 6. The van der Waals surface area contributed by atoms with Crippen LogP contribution in [0.25, 0.3) is 10.2 Å². The fraction of sp³-hybridized carbons (Fsp3) is 0.391. The molecule has 0 radical (unpaired) electrons. The van der Waals surface area contributed by atoms with Crippen LogP contribution in [0.15, 0.2) is 47.4 Å². The van der Waals surface area contributed by atoms with Crippen LogP contribution in [0.5, 0.6) is 0 Å². The van der Waals surface area contributed by atoms with Crippen molar-refractivity contribution < 1.29 is 9.53 Å². The number of thiazole rings is 1. The van der Waals surface area contributed by atoms with E-state index in [1.165, 1.54) is 12.8 Å². The number of hydrogen-bond donors (Lipinski definition) is 1. The van der Waals surface area contributed by atoms with E-state index in [1.807, 2.05) is 42.5 Å². The number of ether oxygens (including phenoxy) is 1. The lowest BCUT2D eigenvalue weighted by atomic mass is 10.2. The molecule has 0 aliphatic carbocycles. The number of carbonyl (C=O) groups excluding carboxylic acids is 1. The Morgan fingerprint density at radius 3 is 2.90 bits per heavy atom. The number of nitrogens with zero attached hydrogens (tertiary/aromatic N) is 2. The van der Waals surface area contributed by atoms with Gasteiger partial charge in [-0.25, -0.2) is 4.98 Å². The first kappa shape index (κ1) is 19.8. The quantitative estimate of drug-likeness (QED) is 0.520.